The number of unbranched alkanes of at least 4 members (excludes halogenated alkanes) is 1. The lowest BCUT2D eigenvalue weighted by Crippen LogP contribution is -2.55. The molecule has 4 rings (SSSR count). The van der Waals surface area contributed by atoms with Crippen LogP contribution in [-0.4, -0.2) is 56.5 Å². The third-order valence-corrected chi connectivity index (χ3v) is 13.6. The van der Waals surface area contributed by atoms with E-state index < -0.39 is 0 Å². The Morgan fingerprint density at radius 3 is 2.12 bits per heavy atom. The Labute approximate surface area is 261 Å². The van der Waals surface area contributed by atoms with Crippen molar-refractivity contribution in [3.8, 4) is 0 Å². The highest BCUT2D eigenvalue weighted by atomic mass is 16.3. The maximum atomic E-state index is 10.4. The van der Waals surface area contributed by atoms with E-state index >= 15 is 0 Å². The normalized spacial score (nSPS) is 37.7. The molecule has 0 aromatic rings. The van der Waals surface area contributed by atoms with E-state index in [9.17, 15) is 5.11 Å². The lowest BCUT2D eigenvalue weighted by molar-refractivity contribution is -0.118. The van der Waals surface area contributed by atoms with Gasteiger partial charge in [0.1, 0.15) is 0 Å². The van der Waals surface area contributed by atoms with Crippen molar-refractivity contribution in [2.75, 3.05) is 39.3 Å². The molecule has 4 fully saturated rings. The van der Waals surface area contributed by atoms with E-state index in [4.69, 9.17) is 5.73 Å². The Balaban J connectivity index is 1.17. The molecule has 0 aliphatic heterocycles. The fraction of sp³-hybridized carbons (Fsp3) is 1.00. The van der Waals surface area contributed by atoms with E-state index in [1.54, 1.807) is 0 Å². The molecule has 0 bridgehead atoms. The van der Waals surface area contributed by atoms with Crippen LogP contribution in [0.4, 0.5) is 0 Å². The van der Waals surface area contributed by atoms with Crippen molar-refractivity contribution in [1.82, 2.24) is 16.0 Å². The minimum absolute atomic E-state index is 0.126. The quantitative estimate of drug-likeness (QED) is 0.115. The Kier molecular flexibility index (Phi) is 13.5. The van der Waals surface area contributed by atoms with Crippen molar-refractivity contribution in [2.24, 2.45) is 58.0 Å². The summed E-state index contributed by atoms with van der Waals surface area (Å²) in [4.78, 5) is 0. The van der Waals surface area contributed by atoms with Gasteiger partial charge in [-0.3, -0.25) is 0 Å². The van der Waals surface area contributed by atoms with Crippen LogP contribution >= 0.6 is 0 Å². The number of aliphatic hydroxyl groups is 1. The Bertz CT molecular complexity index is 777. The highest BCUT2D eigenvalue weighted by Gasteiger charge is 2.60. The molecule has 0 radical (unpaired) electrons. The van der Waals surface area contributed by atoms with Crippen LogP contribution in [-0.2, 0) is 0 Å². The first-order chi connectivity index (χ1) is 20.2. The summed E-state index contributed by atoms with van der Waals surface area (Å²) < 4.78 is 0. The molecule has 0 spiro atoms. The standard InChI is InChI=1S/C37H72N4O/c1-27(2)35(42)15-10-28(3)32-13-14-33-31-12-11-29-26-30(16-18-36(29,4)34(31)17-19-37(32,33)5)41-25-9-24-40-22-7-6-21-39-23-8-20-38/h27-35,39-42H,6-26,38H2,1-5H3/t28-,29+,30+,31+,32-,33+,34+,35?,36+,37-/m1/s1. The lowest BCUT2D eigenvalue weighted by Gasteiger charge is -2.61. The van der Waals surface area contributed by atoms with Crippen molar-refractivity contribution in [3.05, 3.63) is 0 Å². The second-order valence-corrected chi connectivity index (χ2v) is 16.4. The van der Waals surface area contributed by atoms with Crippen LogP contribution in [0.5, 0.6) is 0 Å². The first kappa shape index (κ1) is 34.7. The van der Waals surface area contributed by atoms with Gasteiger partial charge in [-0.15, -0.1) is 0 Å². The van der Waals surface area contributed by atoms with Crippen molar-refractivity contribution < 1.29 is 5.11 Å². The number of hydrogen-bond acceptors (Lipinski definition) is 5. The molecule has 6 N–H and O–H groups in total. The van der Waals surface area contributed by atoms with E-state index in [2.05, 4.69) is 50.6 Å². The molecule has 246 valence electrons. The summed E-state index contributed by atoms with van der Waals surface area (Å²) in [7, 11) is 0. The average molecular weight is 589 g/mol. The van der Waals surface area contributed by atoms with Gasteiger partial charge < -0.3 is 26.8 Å². The molecular weight excluding hydrogens is 516 g/mol. The minimum atomic E-state index is -0.126. The van der Waals surface area contributed by atoms with E-state index in [1.807, 2.05) is 0 Å². The summed E-state index contributed by atoms with van der Waals surface area (Å²) in [5.74, 6) is 5.83. The van der Waals surface area contributed by atoms with Gasteiger partial charge >= 0.3 is 0 Å². The zero-order valence-electron chi connectivity index (χ0n) is 28.6. The van der Waals surface area contributed by atoms with Gasteiger partial charge in [-0.05, 0) is 188 Å². The van der Waals surface area contributed by atoms with E-state index in [0.717, 1.165) is 87.1 Å². The topological polar surface area (TPSA) is 82.3 Å². The molecule has 0 aromatic carbocycles. The SMILES string of the molecule is CC(C)C(O)CC[C@@H](C)[C@H]1CC[C@H]2[C@@H]3CC[C@H]4C[C@@H](NCCCNCCCCNCCCN)CC[C@]4(C)[C@H]3CC[C@]12C. The van der Waals surface area contributed by atoms with Gasteiger partial charge in [0, 0.05) is 6.04 Å². The van der Waals surface area contributed by atoms with Gasteiger partial charge in [0.15, 0.2) is 0 Å². The third-order valence-electron chi connectivity index (χ3n) is 13.6. The van der Waals surface area contributed by atoms with E-state index in [-0.39, 0.29) is 6.10 Å². The number of nitrogens with one attached hydrogen (secondary N) is 3. The van der Waals surface area contributed by atoms with Crippen molar-refractivity contribution in [1.29, 1.82) is 0 Å². The second kappa shape index (κ2) is 16.4. The van der Waals surface area contributed by atoms with Crippen molar-refractivity contribution in [3.63, 3.8) is 0 Å². The maximum Gasteiger partial charge on any atom is 0.0563 e. The Hall–Kier alpha value is -0.200. The summed E-state index contributed by atoms with van der Waals surface area (Å²) in [6.45, 7) is 18.7. The third kappa shape index (κ3) is 8.33. The smallest absolute Gasteiger partial charge is 0.0563 e. The first-order valence-electron chi connectivity index (χ1n) is 18.7. The van der Waals surface area contributed by atoms with Gasteiger partial charge in [0.05, 0.1) is 6.10 Å². The summed E-state index contributed by atoms with van der Waals surface area (Å²) in [5.41, 5.74) is 6.66. The summed E-state index contributed by atoms with van der Waals surface area (Å²) >= 11 is 0. The van der Waals surface area contributed by atoms with Gasteiger partial charge in [-0.2, -0.15) is 0 Å². The highest BCUT2D eigenvalue weighted by Crippen LogP contribution is 2.68. The first-order valence-corrected chi connectivity index (χ1v) is 18.7. The number of hydrogen-bond donors (Lipinski definition) is 5. The Morgan fingerprint density at radius 2 is 1.40 bits per heavy atom. The number of aliphatic hydroxyl groups excluding tert-OH is 1. The van der Waals surface area contributed by atoms with Crippen molar-refractivity contribution >= 4 is 0 Å². The van der Waals surface area contributed by atoms with Crippen LogP contribution in [0.1, 0.15) is 131 Å². The molecule has 10 atom stereocenters. The molecule has 0 amide bonds. The molecule has 5 nitrogen and oxygen atoms in total. The molecule has 0 aromatic heterocycles. The summed E-state index contributed by atoms with van der Waals surface area (Å²) in [6, 6.07) is 0.742. The minimum Gasteiger partial charge on any atom is -0.393 e. The Morgan fingerprint density at radius 1 is 0.738 bits per heavy atom. The fourth-order valence-electron chi connectivity index (χ4n) is 10.9. The molecule has 0 heterocycles. The number of nitrogens with two attached hydrogens (primary N) is 1. The molecule has 5 heteroatoms. The van der Waals surface area contributed by atoms with Crippen LogP contribution in [0, 0.1) is 52.3 Å². The summed E-state index contributed by atoms with van der Waals surface area (Å²) in [6.07, 6.45) is 20.0. The van der Waals surface area contributed by atoms with Crippen LogP contribution in [0.25, 0.3) is 0 Å². The van der Waals surface area contributed by atoms with Crippen LogP contribution < -0.4 is 21.7 Å². The molecular formula is C37H72N4O. The van der Waals surface area contributed by atoms with E-state index in [0.29, 0.717) is 16.7 Å². The molecule has 4 aliphatic rings. The van der Waals surface area contributed by atoms with Gasteiger partial charge in [-0.25, -0.2) is 0 Å². The monoisotopic (exact) mass is 589 g/mol. The van der Waals surface area contributed by atoms with Gasteiger partial charge in [0.25, 0.3) is 0 Å². The predicted molar refractivity (Wildman–Crippen MR) is 180 cm³/mol. The average Bonchev–Trinajstić information content (AvgIpc) is 3.33. The molecule has 1 unspecified atom stereocenters. The molecule has 0 saturated heterocycles. The number of fused-ring (bicyclic) bond motifs is 5. The largest absolute Gasteiger partial charge is 0.393 e. The predicted octanol–water partition coefficient (Wildman–Crippen LogP) is 6.74. The van der Waals surface area contributed by atoms with Gasteiger partial charge in [-0.1, -0.05) is 34.6 Å². The van der Waals surface area contributed by atoms with Crippen LogP contribution in [0.2, 0.25) is 0 Å². The molecule has 4 saturated carbocycles. The van der Waals surface area contributed by atoms with Gasteiger partial charge in [0.2, 0.25) is 0 Å². The number of rotatable bonds is 18. The maximum absolute atomic E-state index is 10.4. The van der Waals surface area contributed by atoms with Crippen LogP contribution in [0.15, 0.2) is 0 Å². The zero-order valence-corrected chi connectivity index (χ0v) is 28.6. The second-order valence-electron chi connectivity index (χ2n) is 16.4. The summed E-state index contributed by atoms with van der Waals surface area (Å²) in [5, 5.41) is 21.6. The van der Waals surface area contributed by atoms with E-state index in [1.165, 1.54) is 90.0 Å². The molecule has 4 aliphatic carbocycles. The van der Waals surface area contributed by atoms with Crippen LogP contribution in [0.3, 0.4) is 0 Å². The van der Waals surface area contributed by atoms with Crippen molar-refractivity contribution in [2.45, 2.75) is 143 Å². The fourth-order valence-corrected chi connectivity index (χ4v) is 10.9. The molecule has 42 heavy (non-hydrogen) atoms. The zero-order chi connectivity index (χ0) is 30.2. The lowest BCUT2D eigenvalue weighted by atomic mass is 9.44. The highest BCUT2D eigenvalue weighted by molar-refractivity contribution is 5.10.